The van der Waals surface area contributed by atoms with E-state index in [1.165, 1.54) is 11.1 Å². The van der Waals surface area contributed by atoms with E-state index in [1.54, 1.807) is 7.11 Å². The third-order valence-electron chi connectivity index (χ3n) is 3.58. The Hall–Kier alpha value is -2.09. The second-order valence-corrected chi connectivity index (χ2v) is 5.09. The maximum absolute atomic E-state index is 10.7. The first-order chi connectivity index (χ1) is 9.07. The molecule has 0 amide bonds. The summed E-state index contributed by atoms with van der Waals surface area (Å²) in [6.07, 6.45) is 0.865. The Morgan fingerprint density at radius 3 is 1.79 bits per heavy atom. The molecule has 0 aliphatic heterocycles. The number of rotatable bonds is 4. The van der Waals surface area contributed by atoms with Crippen LogP contribution in [0.15, 0.2) is 48.5 Å². The van der Waals surface area contributed by atoms with E-state index in [0.717, 1.165) is 12.0 Å². The lowest BCUT2D eigenvalue weighted by molar-refractivity contribution is 0.112. The molecule has 0 aromatic heterocycles. The van der Waals surface area contributed by atoms with Crippen molar-refractivity contribution in [3.63, 3.8) is 0 Å². The molecule has 2 heteroatoms. The fourth-order valence-corrected chi connectivity index (χ4v) is 2.15. The Labute approximate surface area is 114 Å². The molecule has 0 atom stereocenters. The summed E-state index contributed by atoms with van der Waals surface area (Å²) in [6.45, 7) is 4.34. The van der Waals surface area contributed by atoms with Crippen molar-refractivity contribution in [2.24, 2.45) is 0 Å². The first kappa shape index (κ1) is 13.3. The predicted octanol–water partition coefficient (Wildman–Crippen LogP) is 3.83. The third kappa shape index (κ3) is 2.68. The summed E-state index contributed by atoms with van der Waals surface area (Å²) in [7, 11) is 1.66. The van der Waals surface area contributed by atoms with Crippen LogP contribution in [-0.4, -0.2) is 13.4 Å². The molecule has 0 heterocycles. The molecule has 0 saturated carbocycles. The molecule has 0 radical (unpaired) electrons. The lowest BCUT2D eigenvalue weighted by Crippen LogP contribution is -2.18. The van der Waals surface area contributed by atoms with Crippen molar-refractivity contribution in [3.8, 4) is 5.75 Å². The van der Waals surface area contributed by atoms with Crippen molar-refractivity contribution >= 4 is 6.29 Å². The highest BCUT2D eigenvalue weighted by Crippen LogP contribution is 2.32. The van der Waals surface area contributed by atoms with Crippen LogP contribution in [-0.2, 0) is 5.41 Å². The van der Waals surface area contributed by atoms with Gasteiger partial charge in [0, 0.05) is 11.0 Å². The Morgan fingerprint density at radius 1 is 0.895 bits per heavy atom. The molecule has 0 spiro atoms. The second kappa shape index (κ2) is 5.27. The van der Waals surface area contributed by atoms with Crippen molar-refractivity contribution in [1.29, 1.82) is 0 Å². The van der Waals surface area contributed by atoms with Crippen LogP contribution in [0.5, 0.6) is 5.75 Å². The van der Waals surface area contributed by atoms with Gasteiger partial charge in [-0.05, 0) is 23.3 Å². The van der Waals surface area contributed by atoms with Crippen LogP contribution in [0.2, 0.25) is 0 Å². The van der Waals surface area contributed by atoms with Crippen molar-refractivity contribution < 1.29 is 9.53 Å². The molecule has 19 heavy (non-hydrogen) atoms. The average molecular weight is 254 g/mol. The van der Waals surface area contributed by atoms with Gasteiger partial charge in [0.25, 0.3) is 0 Å². The van der Waals surface area contributed by atoms with E-state index in [-0.39, 0.29) is 5.41 Å². The van der Waals surface area contributed by atoms with Crippen LogP contribution in [0.4, 0.5) is 0 Å². The van der Waals surface area contributed by atoms with E-state index in [0.29, 0.717) is 5.56 Å². The summed E-state index contributed by atoms with van der Waals surface area (Å²) in [5, 5.41) is 0. The molecule has 0 fully saturated rings. The third-order valence-corrected chi connectivity index (χ3v) is 3.58. The average Bonchev–Trinajstić information content (AvgIpc) is 2.47. The fraction of sp³-hybridized carbons (Fsp3) is 0.235. The first-order valence-electron chi connectivity index (χ1n) is 6.28. The Balaban J connectivity index is 2.35. The highest BCUT2D eigenvalue weighted by molar-refractivity contribution is 5.74. The number of benzene rings is 2. The molecule has 0 bridgehead atoms. The van der Waals surface area contributed by atoms with Gasteiger partial charge in [-0.25, -0.2) is 0 Å². The maximum Gasteiger partial charge on any atom is 0.150 e. The number of hydrogen-bond donors (Lipinski definition) is 0. The first-order valence-corrected chi connectivity index (χ1v) is 6.28. The molecular weight excluding hydrogens is 236 g/mol. The molecule has 0 unspecified atom stereocenters. The lowest BCUT2D eigenvalue weighted by Gasteiger charge is -2.26. The minimum Gasteiger partial charge on any atom is -0.497 e. The van der Waals surface area contributed by atoms with Gasteiger partial charge < -0.3 is 4.74 Å². The standard InChI is InChI=1S/C17H18O2/c1-17(2,14-6-4-13(12-18)5-7-14)15-8-10-16(19-3)11-9-15/h4-12H,1-3H3. The molecule has 0 N–H and O–H groups in total. The van der Waals surface area contributed by atoms with Gasteiger partial charge in [0.05, 0.1) is 7.11 Å². The summed E-state index contributed by atoms with van der Waals surface area (Å²) in [5.41, 5.74) is 3.00. The number of methoxy groups -OCH3 is 1. The Bertz CT molecular complexity index is 551. The normalized spacial score (nSPS) is 11.1. The summed E-state index contributed by atoms with van der Waals surface area (Å²) >= 11 is 0. The van der Waals surface area contributed by atoms with E-state index < -0.39 is 0 Å². The van der Waals surface area contributed by atoms with E-state index >= 15 is 0 Å². The highest BCUT2D eigenvalue weighted by Gasteiger charge is 2.22. The van der Waals surface area contributed by atoms with Gasteiger partial charge in [-0.15, -0.1) is 0 Å². The minimum atomic E-state index is -0.103. The highest BCUT2D eigenvalue weighted by atomic mass is 16.5. The van der Waals surface area contributed by atoms with Gasteiger partial charge in [-0.1, -0.05) is 50.2 Å². The number of aldehydes is 1. The molecular formula is C17H18O2. The summed E-state index contributed by atoms with van der Waals surface area (Å²) in [6, 6.07) is 15.8. The molecule has 2 nitrogen and oxygen atoms in total. The van der Waals surface area contributed by atoms with Crippen LogP contribution >= 0.6 is 0 Å². The van der Waals surface area contributed by atoms with Crippen LogP contribution in [0.3, 0.4) is 0 Å². The molecule has 98 valence electrons. The quantitative estimate of drug-likeness (QED) is 0.775. The molecule has 0 aliphatic carbocycles. The monoisotopic (exact) mass is 254 g/mol. The largest absolute Gasteiger partial charge is 0.497 e. The Morgan fingerprint density at radius 2 is 1.37 bits per heavy atom. The molecule has 2 rings (SSSR count). The van der Waals surface area contributed by atoms with Gasteiger partial charge in [-0.3, -0.25) is 4.79 Å². The number of carbonyl (C=O) groups excluding carboxylic acids is 1. The van der Waals surface area contributed by atoms with Crippen LogP contribution in [0.1, 0.15) is 35.3 Å². The van der Waals surface area contributed by atoms with Crippen molar-refractivity contribution in [3.05, 3.63) is 65.2 Å². The minimum absolute atomic E-state index is 0.103. The van der Waals surface area contributed by atoms with Crippen LogP contribution in [0, 0.1) is 0 Å². The number of ether oxygens (including phenoxy) is 1. The predicted molar refractivity (Wildman–Crippen MR) is 77.0 cm³/mol. The van der Waals surface area contributed by atoms with Crippen molar-refractivity contribution in [2.45, 2.75) is 19.3 Å². The van der Waals surface area contributed by atoms with Gasteiger partial charge in [0.2, 0.25) is 0 Å². The van der Waals surface area contributed by atoms with Crippen LogP contribution < -0.4 is 4.74 Å². The van der Waals surface area contributed by atoms with E-state index in [4.69, 9.17) is 4.74 Å². The van der Waals surface area contributed by atoms with E-state index in [1.807, 2.05) is 36.4 Å². The molecule has 0 aliphatic rings. The van der Waals surface area contributed by atoms with Crippen LogP contribution in [0.25, 0.3) is 0 Å². The summed E-state index contributed by atoms with van der Waals surface area (Å²) in [5.74, 6) is 0.857. The molecule has 2 aromatic rings. The van der Waals surface area contributed by atoms with E-state index in [2.05, 4.69) is 26.0 Å². The zero-order valence-corrected chi connectivity index (χ0v) is 11.5. The summed E-state index contributed by atoms with van der Waals surface area (Å²) < 4.78 is 5.18. The van der Waals surface area contributed by atoms with Crippen molar-refractivity contribution in [2.75, 3.05) is 7.11 Å². The lowest BCUT2D eigenvalue weighted by atomic mass is 9.78. The number of hydrogen-bond acceptors (Lipinski definition) is 2. The topological polar surface area (TPSA) is 26.3 Å². The fourth-order valence-electron chi connectivity index (χ4n) is 2.15. The zero-order chi connectivity index (χ0) is 13.9. The number of carbonyl (C=O) groups is 1. The van der Waals surface area contributed by atoms with Gasteiger partial charge in [0.1, 0.15) is 12.0 Å². The van der Waals surface area contributed by atoms with E-state index in [9.17, 15) is 4.79 Å². The summed E-state index contributed by atoms with van der Waals surface area (Å²) in [4.78, 5) is 10.7. The zero-order valence-electron chi connectivity index (χ0n) is 11.5. The molecule has 2 aromatic carbocycles. The maximum atomic E-state index is 10.7. The second-order valence-electron chi connectivity index (χ2n) is 5.09. The smallest absolute Gasteiger partial charge is 0.150 e. The molecule has 0 saturated heterocycles. The van der Waals surface area contributed by atoms with Gasteiger partial charge in [-0.2, -0.15) is 0 Å². The van der Waals surface area contributed by atoms with Gasteiger partial charge >= 0.3 is 0 Å². The SMILES string of the molecule is COc1ccc(C(C)(C)c2ccc(C=O)cc2)cc1. The Kier molecular flexibility index (Phi) is 3.70. The van der Waals surface area contributed by atoms with Crippen molar-refractivity contribution in [1.82, 2.24) is 0 Å². The van der Waals surface area contributed by atoms with Gasteiger partial charge in [0.15, 0.2) is 0 Å².